The van der Waals surface area contributed by atoms with Crippen LogP contribution in [0.5, 0.6) is 0 Å². The number of carbonyl (C=O) groups excluding carboxylic acids is 2. The van der Waals surface area contributed by atoms with E-state index in [4.69, 9.17) is 5.41 Å². The molecule has 0 aliphatic carbocycles. The minimum absolute atomic E-state index is 0.471. The molecule has 0 atom stereocenters. The molecule has 0 unspecified atom stereocenters. The first-order chi connectivity index (χ1) is 3.72. The highest BCUT2D eigenvalue weighted by Crippen LogP contribution is 1.61. The molecule has 0 spiro atoms. The van der Waals surface area contributed by atoms with E-state index in [1.165, 1.54) is 7.05 Å². The molecule has 0 aromatic heterocycles. The Labute approximate surface area is 46.4 Å². The Morgan fingerprint density at radius 2 is 2.12 bits per heavy atom. The zero-order valence-electron chi connectivity index (χ0n) is 4.39. The van der Waals surface area contributed by atoms with E-state index in [1.54, 1.807) is 0 Å². The molecular weight excluding hydrogens is 108 g/mol. The molecule has 0 radical (unpaired) electrons. The van der Waals surface area contributed by atoms with Crippen LogP contribution in [-0.2, 0) is 9.59 Å². The number of ketones is 1. The van der Waals surface area contributed by atoms with Crippen molar-refractivity contribution in [3.05, 3.63) is 0 Å². The molecule has 4 heteroatoms. The fourth-order valence-corrected chi connectivity index (χ4v) is 0.189. The van der Waals surface area contributed by atoms with Crippen molar-refractivity contribution in [2.75, 3.05) is 7.05 Å². The molecule has 1 amide bonds. The number of likely N-dealkylation sites (N-methyl/N-ethyl adjacent to an activating group) is 1. The summed E-state index contributed by atoms with van der Waals surface area (Å²) in [6.45, 7) is 0. The number of carbonyl (C=O) groups is 2. The van der Waals surface area contributed by atoms with Crippen LogP contribution in [0.2, 0.25) is 0 Å². The minimum Gasteiger partial charge on any atom is -0.352 e. The molecule has 4 nitrogen and oxygen atoms in total. The third-order valence-electron chi connectivity index (χ3n) is 0.582. The summed E-state index contributed by atoms with van der Waals surface area (Å²) in [4.78, 5) is 20.2. The van der Waals surface area contributed by atoms with Gasteiger partial charge >= 0.3 is 0 Å². The predicted octanol–water partition coefficient (Wildman–Crippen LogP) is -1.05. The van der Waals surface area contributed by atoms with E-state index >= 15 is 0 Å². The molecule has 44 valence electrons. The highest BCUT2D eigenvalue weighted by Gasteiger charge is 2.04. The van der Waals surface area contributed by atoms with Crippen LogP contribution >= 0.6 is 0 Å². The van der Waals surface area contributed by atoms with Crippen LogP contribution in [0.4, 0.5) is 0 Å². The quantitative estimate of drug-likeness (QED) is 0.355. The van der Waals surface area contributed by atoms with Gasteiger partial charge < -0.3 is 10.7 Å². The highest BCUT2D eigenvalue weighted by atomic mass is 16.2. The summed E-state index contributed by atoms with van der Waals surface area (Å²) in [5, 5.41) is 8.38. The number of hydrogen-bond acceptors (Lipinski definition) is 3. The van der Waals surface area contributed by atoms with Gasteiger partial charge in [0.2, 0.25) is 0 Å². The maximum absolute atomic E-state index is 10.1. The smallest absolute Gasteiger partial charge is 0.293 e. The fourth-order valence-electron chi connectivity index (χ4n) is 0.189. The van der Waals surface area contributed by atoms with Gasteiger partial charge in [-0.2, -0.15) is 0 Å². The van der Waals surface area contributed by atoms with Gasteiger partial charge in [-0.3, -0.25) is 9.59 Å². The molecule has 0 aromatic carbocycles. The van der Waals surface area contributed by atoms with Crippen molar-refractivity contribution in [3.8, 4) is 0 Å². The number of hydrogen-bond donors (Lipinski definition) is 2. The Balaban J connectivity index is 3.82. The number of nitrogens with one attached hydrogen (secondary N) is 2. The molecule has 0 rings (SSSR count). The standard InChI is InChI=1S/C4H6N2O2/c1-6-4(8)3(7)2-5/h2,5H,1H3,(H,6,8). The summed E-state index contributed by atoms with van der Waals surface area (Å²) >= 11 is 0. The molecule has 0 saturated heterocycles. The third-order valence-corrected chi connectivity index (χ3v) is 0.582. The zero-order chi connectivity index (χ0) is 6.57. The largest absolute Gasteiger partial charge is 0.352 e. The van der Waals surface area contributed by atoms with Crippen molar-refractivity contribution in [2.24, 2.45) is 0 Å². The molecule has 0 aromatic rings. The molecule has 0 fully saturated rings. The summed E-state index contributed by atoms with van der Waals surface area (Å²) in [7, 11) is 1.34. The van der Waals surface area contributed by atoms with E-state index in [0.29, 0.717) is 6.21 Å². The van der Waals surface area contributed by atoms with Crippen molar-refractivity contribution >= 4 is 17.9 Å². The van der Waals surface area contributed by atoms with Gasteiger partial charge in [-0.1, -0.05) is 0 Å². The lowest BCUT2D eigenvalue weighted by molar-refractivity contribution is -0.133. The van der Waals surface area contributed by atoms with Gasteiger partial charge in [-0.05, 0) is 0 Å². The normalized spacial score (nSPS) is 7.62. The summed E-state index contributed by atoms with van der Waals surface area (Å²) in [5.41, 5.74) is 0. The van der Waals surface area contributed by atoms with Crippen molar-refractivity contribution in [1.82, 2.24) is 5.32 Å². The number of amides is 1. The molecule has 0 heterocycles. The summed E-state index contributed by atoms with van der Waals surface area (Å²) in [5.74, 6) is -1.58. The van der Waals surface area contributed by atoms with Crippen LogP contribution in [0.3, 0.4) is 0 Å². The van der Waals surface area contributed by atoms with Gasteiger partial charge in [-0.25, -0.2) is 0 Å². The van der Waals surface area contributed by atoms with E-state index < -0.39 is 11.7 Å². The lowest BCUT2D eigenvalue weighted by Crippen LogP contribution is -2.27. The van der Waals surface area contributed by atoms with Crippen LogP contribution in [0.25, 0.3) is 0 Å². The maximum Gasteiger partial charge on any atom is 0.293 e. The first-order valence-electron chi connectivity index (χ1n) is 1.99. The van der Waals surface area contributed by atoms with Crippen LogP contribution in [0.15, 0.2) is 0 Å². The monoisotopic (exact) mass is 114 g/mol. The van der Waals surface area contributed by atoms with Gasteiger partial charge in [0.1, 0.15) is 0 Å². The van der Waals surface area contributed by atoms with E-state index in [9.17, 15) is 9.59 Å². The summed E-state index contributed by atoms with van der Waals surface area (Å²) < 4.78 is 0. The number of rotatable bonds is 2. The summed E-state index contributed by atoms with van der Waals surface area (Å²) in [6.07, 6.45) is 0.471. The van der Waals surface area contributed by atoms with Crippen LogP contribution in [0.1, 0.15) is 0 Å². The van der Waals surface area contributed by atoms with Crippen LogP contribution in [-0.4, -0.2) is 25.0 Å². The second kappa shape index (κ2) is 2.90. The molecule has 0 aliphatic rings. The Morgan fingerprint density at radius 1 is 1.62 bits per heavy atom. The average Bonchev–Trinajstić information content (AvgIpc) is 1.84. The highest BCUT2D eigenvalue weighted by molar-refractivity contribution is 6.57. The van der Waals surface area contributed by atoms with Crippen molar-refractivity contribution in [3.63, 3.8) is 0 Å². The minimum atomic E-state index is -0.826. The van der Waals surface area contributed by atoms with Crippen molar-refractivity contribution < 1.29 is 9.59 Å². The van der Waals surface area contributed by atoms with Gasteiger partial charge in [0.15, 0.2) is 0 Å². The second-order valence-electron chi connectivity index (χ2n) is 1.09. The fraction of sp³-hybridized carbons (Fsp3) is 0.250. The van der Waals surface area contributed by atoms with E-state index in [-0.39, 0.29) is 0 Å². The lowest BCUT2D eigenvalue weighted by Gasteiger charge is -1.87. The first-order valence-corrected chi connectivity index (χ1v) is 1.99. The predicted molar refractivity (Wildman–Crippen MR) is 27.9 cm³/mol. The topological polar surface area (TPSA) is 70.0 Å². The Kier molecular flexibility index (Phi) is 2.47. The molecule has 0 bridgehead atoms. The molecular formula is C4H6N2O2. The van der Waals surface area contributed by atoms with Crippen molar-refractivity contribution in [1.29, 1.82) is 5.41 Å². The SMILES string of the molecule is CNC(=O)C(=O)C=N. The number of Topliss-reactive ketones (excluding diaryl/α,β-unsaturated/α-hetero) is 1. The molecule has 0 aliphatic heterocycles. The molecule has 2 N–H and O–H groups in total. The van der Waals surface area contributed by atoms with Gasteiger partial charge in [0, 0.05) is 7.05 Å². The van der Waals surface area contributed by atoms with Gasteiger partial charge in [-0.15, -0.1) is 0 Å². The summed E-state index contributed by atoms with van der Waals surface area (Å²) in [6, 6.07) is 0. The van der Waals surface area contributed by atoms with Crippen LogP contribution < -0.4 is 5.32 Å². The maximum atomic E-state index is 10.1. The average molecular weight is 114 g/mol. The van der Waals surface area contributed by atoms with Crippen LogP contribution in [0, 0.1) is 5.41 Å². The van der Waals surface area contributed by atoms with Gasteiger partial charge in [0.05, 0.1) is 6.21 Å². The third kappa shape index (κ3) is 1.51. The Hall–Kier alpha value is -1.19. The van der Waals surface area contributed by atoms with E-state index in [1.807, 2.05) is 0 Å². The molecule has 8 heavy (non-hydrogen) atoms. The zero-order valence-corrected chi connectivity index (χ0v) is 4.39. The Morgan fingerprint density at radius 3 is 2.25 bits per heavy atom. The first kappa shape index (κ1) is 6.81. The van der Waals surface area contributed by atoms with Crippen molar-refractivity contribution in [2.45, 2.75) is 0 Å². The lowest BCUT2D eigenvalue weighted by atomic mass is 10.4. The van der Waals surface area contributed by atoms with E-state index in [0.717, 1.165) is 0 Å². The second-order valence-corrected chi connectivity index (χ2v) is 1.09. The molecule has 0 saturated carbocycles. The Bertz CT molecular complexity index is 130. The van der Waals surface area contributed by atoms with Gasteiger partial charge in [0.25, 0.3) is 11.7 Å². The van der Waals surface area contributed by atoms with E-state index in [2.05, 4.69) is 5.32 Å².